The molecule has 2 aromatic rings. The summed E-state index contributed by atoms with van der Waals surface area (Å²) in [4.78, 5) is 17.5. The van der Waals surface area contributed by atoms with Gasteiger partial charge in [0.05, 0.1) is 5.52 Å². The molecule has 20 heavy (non-hydrogen) atoms. The number of carboxylic acids is 1. The van der Waals surface area contributed by atoms with E-state index in [1.807, 2.05) is 24.3 Å². The molecule has 0 spiro atoms. The molecule has 0 atom stereocenters. The Hall–Kier alpha value is -2.14. The number of fused-ring (bicyclic) bond motifs is 1. The summed E-state index contributed by atoms with van der Waals surface area (Å²) in [6.07, 6.45) is 0. The van der Waals surface area contributed by atoms with Crippen LogP contribution in [0.4, 0.5) is 5.69 Å². The van der Waals surface area contributed by atoms with Gasteiger partial charge in [-0.05, 0) is 25.7 Å². The maximum absolute atomic E-state index is 11.1. The van der Waals surface area contributed by atoms with Crippen LogP contribution in [0.2, 0.25) is 0 Å². The van der Waals surface area contributed by atoms with Gasteiger partial charge in [0.15, 0.2) is 5.69 Å². The monoisotopic (exact) mass is 273 g/mol. The van der Waals surface area contributed by atoms with Crippen molar-refractivity contribution in [2.24, 2.45) is 0 Å². The first-order valence-corrected chi connectivity index (χ1v) is 6.67. The van der Waals surface area contributed by atoms with Crippen LogP contribution in [0, 0.1) is 0 Å². The standard InChI is InChI=1S/C15H19N3O2/c1-3-18(2)9-8-16-13-10-14(15(19)20)17-12-7-5-4-6-11(12)13/h4-7,10H,3,8-9H2,1-2H3,(H,16,17)(H,19,20). The maximum Gasteiger partial charge on any atom is 0.354 e. The lowest BCUT2D eigenvalue weighted by molar-refractivity contribution is 0.0691. The first kappa shape index (κ1) is 14.3. The van der Waals surface area contributed by atoms with Gasteiger partial charge in [0.1, 0.15) is 0 Å². The van der Waals surface area contributed by atoms with Crippen LogP contribution >= 0.6 is 0 Å². The highest BCUT2D eigenvalue weighted by Gasteiger charge is 2.10. The molecule has 0 bridgehead atoms. The summed E-state index contributed by atoms with van der Waals surface area (Å²) >= 11 is 0. The maximum atomic E-state index is 11.1. The number of nitrogens with zero attached hydrogens (tertiary/aromatic N) is 2. The Balaban J connectivity index is 2.28. The van der Waals surface area contributed by atoms with E-state index in [0.717, 1.165) is 30.7 Å². The highest BCUT2D eigenvalue weighted by molar-refractivity contribution is 5.97. The van der Waals surface area contributed by atoms with Gasteiger partial charge in [0, 0.05) is 24.2 Å². The van der Waals surface area contributed by atoms with Crippen LogP contribution in [0.5, 0.6) is 0 Å². The van der Waals surface area contributed by atoms with E-state index in [0.29, 0.717) is 5.52 Å². The summed E-state index contributed by atoms with van der Waals surface area (Å²) in [7, 11) is 2.05. The second-order valence-corrected chi connectivity index (χ2v) is 4.70. The molecule has 1 aromatic carbocycles. The fraction of sp³-hybridized carbons (Fsp3) is 0.333. The van der Waals surface area contributed by atoms with Crippen molar-refractivity contribution < 1.29 is 9.90 Å². The van der Waals surface area contributed by atoms with E-state index in [-0.39, 0.29) is 5.69 Å². The Kier molecular flexibility index (Phi) is 4.53. The first-order chi connectivity index (χ1) is 9.61. The van der Waals surface area contributed by atoms with E-state index in [1.165, 1.54) is 0 Å². The molecule has 0 fully saturated rings. The van der Waals surface area contributed by atoms with Crippen molar-refractivity contribution in [3.63, 3.8) is 0 Å². The summed E-state index contributed by atoms with van der Waals surface area (Å²) in [6.45, 7) is 4.75. The van der Waals surface area contributed by atoms with Gasteiger partial charge in [-0.15, -0.1) is 0 Å². The summed E-state index contributed by atoms with van der Waals surface area (Å²) < 4.78 is 0. The van der Waals surface area contributed by atoms with Gasteiger partial charge in [-0.2, -0.15) is 0 Å². The zero-order chi connectivity index (χ0) is 14.5. The lowest BCUT2D eigenvalue weighted by Crippen LogP contribution is -2.24. The van der Waals surface area contributed by atoms with Crippen LogP contribution in [-0.4, -0.2) is 47.6 Å². The third-order valence-corrected chi connectivity index (χ3v) is 3.28. The zero-order valence-corrected chi connectivity index (χ0v) is 11.8. The molecule has 5 heteroatoms. The minimum atomic E-state index is -1.01. The van der Waals surface area contributed by atoms with Crippen LogP contribution in [-0.2, 0) is 0 Å². The van der Waals surface area contributed by atoms with Crippen LogP contribution in [0.25, 0.3) is 10.9 Å². The van der Waals surface area contributed by atoms with Crippen LogP contribution in [0.15, 0.2) is 30.3 Å². The predicted molar refractivity (Wildman–Crippen MR) is 80.4 cm³/mol. The molecule has 106 valence electrons. The highest BCUT2D eigenvalue weighted by Crippen LogP contribution is 2.22. The topological polar surface area (TPSA) is 65.5 Å². The van der Waals surface area contributed by atoms with Crippen molar-refractivity contribution in [2.75, 3.05) is 32.0 Å². The number of carboxylic acid groups (broad SMARTS) is 1. The molecule has 2 rings (SSSR count). The number of rotatable bonds is 6. The third kappa shape index (κ3) is 3.24. The molecular weight excluding hydrogens is 254 g/mol. The Labute approximate surface area is 118 Å². The summed E-state index contributed by atoms with van der Waals surface area (Å²) in [5, 5.41) is 13.4. The van der Waals surface area contributed by atoms with E-state index in [1.54, 1.807) is 6.07 Å². The number of hydrogen-bond acceptors (Lipinski definition) is 4. The number of carbonyl (C=O) groups is 1. The molecule has 0 radical (unpaired) electrons. The van der Waals surface area contributed by atoms with Gasteiger partial charge in [0.25, 0.3) is 0 Å². The molecule has 0 aliphatic carbocycles. The lowest BCUT2D eigenvalue weighted by Gasteiger charge is -2.16. The zero-order valence-electron chi connectivity index (χ0n) is 11.8. The predicted octanol–water partition coefficient (Wildman–Crippen LogP) is 2.30. The van der Waals surface area contributed by atoms with E-state index in [2.05, 4.69) is 29.2 Å². The molecule has 0 unspecified atom stereocenters. The molecule has 0 aliphatic heterocycles. The molecule has 1 aromatic heterocycles. The largest absolute Gasteiger partial charge is 0.477 e. The summed E-state index contributed by atoms with van der Waals surface area (Å²) in [5.74, 6) is -1.01. The van der Waals surface area contributed by atoms with E-state index in [4.69, 9.17) is 5.11 Å². The number of hydrogen-bond donors (Lipinski definition) is 2. The second kappa shape index (κ2) is 6.34. The van der Waals surface area contributed by atoms with E-state index < -0.39 is 5.97 Å². The second-order valence-electron chi connectivity index (χ2n) is 4.70. The number of aromatic nitrogens is 1. The lowest BCUT2D eigenvalue weighted by atomic mass is 10.1. The number of anilines is 1. The Bertz CT molecular complexity index is 613. The van der Waals surface area contributed by atoms with Crippen molar-refractivity contribution in [1.29, 1.82) is 0 Å². The molecule has 0 saturated heterocycles. The minimum Gasteiger partial charge on any atom is -0.477 e. The molecule has 5 nitrogen and oxygen atoms in total. The number of para-hydroxylation sites is 1. The Morgan fingerprint density at radius 2 is 2.15 bits per heavy atom. The van der Waals surface area contributed by atoms with E-state index in [9.17, 15) is 4.79 Å². The molecule has 1 heterocycles. The van der Waals surface area contributed by atoms with Gasteiger partial charge in [0.2, 0.25) is 0 Å². The number of likely N-dealkylation sites (N-methyl/N-ethyl adjacent to an activating group) is 1. The van der Waals surface area contributed by atoms with Crippen LogP contribution in [0.1, 0.15) is 17.4 Å². The Morgan fingerprint density at radius 1 is 1.40 bits per heavy atom. The number of benzene rings is 1. The Morgan fingerprint density at radius 3 is 2.85 bits per heavy atom. The first-order valence-electron chi connectivity index (χ1n) is 6.67. The fourth-order valence-corrected chi connectivity index (χ4v) is 1.97. The van der Waals surface area contributed by atoms with Crippen molar-refractivity contribution in [3.05, 3.63) is 36.0 Å². The normalized spacial score (nSPS) is 10.9. The van der Waals surface area contributed by atoms with Crippen molar-refractivity contribution in [1.82, 2.24) is 9.88 Å². The van der Waals surface area contributed by atoms with Crippen LogP contribution in [0.3, 0.4) is 0 Å². The average molecular weight is 273 g/mol. The molecule has 0 saturated carbocycles. The molecule has 0 aliphatic rings. The van der Waals surface area contributed by atoms with Crippen molar-refractivity contribution >= 4 is 22.6 Å². The number of pyridine rings is 1. The number of nitrogens with one attached hydrogen (secondary N) is 1. The summed E-state index contributed by atoms with van der Waals surface area (Å²) in [6, 6.07) is 9.14. The van der Waals surface area contributed by atoms with Crippen molar-refractivity contribution in [2.45, 2.75) is 6.92 Å². The fourth-order valence-electron chi connectivity index (χ4n) is 1.97. The van der Waals surface area contributed by atoms with Gasteiger partial charge in [-0.3, -0.25) is 0 Å². The average Bonchev–Trinajstić information content (AvgIpc) is 2.46. The number of aromatic carboxylic acids is 1. The van der Waals surface area contributed by atoms with Gasteiger partial charge < -0.3 is 15.3 Å². The third-order valence-electron chi connectivity index (χ3n) is 3.28. The summed E-state index contributed by atoms with van der Waals surface area (Å²) in [5.41, 5.74) is 1.58. The van der Waals surface area contributed by atoms with Gasteiger partial charge in [-0.1, -0.05) is 25.1 Å². The molecule has 2 N–H and O–H groups in total. The highest BCUT2D eigenvalue weighted by atomic mass is 16.4. The SMILES string of the molecule is CCN(C)CCNc1cc(C(=O)O)nc2ccccc12. The quantitative estimate of drug-likeness (QED) is 0.845. The van der Waals surface area contributed by atoms with E-state index >= 15 is 0 Å². The minimum absolute atomic E-state index is 0.0649. The van der Waals surface area contributed by atoms with Gasteiger partial charge >= 0.3 is 5.97 Å². The van der Waals surface area contributed by atoms with Crippen LogP contribution < -0.4 is 5.32 Å². The smallest absolute Gasteiger partial charge is 0.354 e. The molecule has 0 amide bonds. The van der Waals surface area contributed by atoms with Gasteiger partial charge in [-0.25, -0.2) is 9.78 Å². The van der Waals surface area contributed by atoms with Crippen molar-refractivity contribution in [3.8, 4) is 0 Å². The molecular formula is C15H19N3O2.